The summed E-state index contributed by atoms with van der Waals surface area (Å²) in [5.74, 6) is 0. The second-order valence-electron chi connectivity index (χ2n) is 4.87. The van der Waals surface area contributed by atoms with E-state index in [2.05, 4.69) is 20.9 Å². The Morgan fingerprint density at radius 2 is 1.68 bits per heavy atom. The fraction of sp³-hybridized carbons (Fsp3) is 0.188. The zero-order valence-corrected chi connectivity index (χ0v) is 14.1. The molecule has 1 heterocycles. The first-order valence-electron chi connectivity index (χ1n) is 6.36. The lowest BCUT2D eigenvalue weighted by Crippen LogP contribution is -2.06. The molecule has 0 spiro atoms. The Kier molecular flexibility index (Phi) is 4.97. The molecule has 0 radical (unpaired) electrons. The Balaban J connectivity index is 2.40. The smallest absolute Gasteiger partial charge is 0.255 e. The predicted octanol–water partition coefficient (Wildman–Crippen LogP) is 6.30. The van der Waals surface area contributed by atoms with Gasteiger partial charge in [-0.15, -0.1) is 0 Å². The van der Waals surface area contributed by atoms with Crippen molar-refractivity contribution in [2.45, 2.75) is 20.0 Å². The molecule has 22 heavy (non-hydrogen) atoms. The highest BCUT2D eigenvalue weighted by atomic mass is 79.9. The topological polar surface area (TPSA) is 12.9 Å². The van der Waals surface area contributed by atoms with Gasteiger partial charge in [0, 0.05) is 10.7 Å². The average Bonchev–Trinajstić information content (AvgIpc) is 2.37. The van der Waals surface area contributed by atoms with Crippen molar-refractivity contribution in [1.29, 1.82) is 0 Å². The number of hydrogen-bond acceptors (Lipinski definition) is 1. The van der Waals surface area contributed by atoms with Gasteiger partial charge in [-0.1, -0.05) is 33.6 Å². The van der Waals surface area contributed by atoms with E-state index < -0.39 is 16.8 Å². The van der Waals surface area contributed by atoms with Gasteiger partial charge in [0.15, 0.2) is 0 Å². The quantitative estimate of drug-likeness (QED) is 0.586. The van der Waals surface area contributed by atoms with Crippen molar-refractivity contribution in [3.8, 4) is 0 Å². The van der Waals surface area contributed by atoms with Crippen LogP contribution >= 0.6 is 27.5 Å². The van der Waals surface area contributed by atoms with Gasteiger partial charge in [0.1, 0.15) is 0 Å². The summed E-state index contributed by atoms with van der Waals surface area (Å²) in [4.78, 5) is 3.92. The molecule has 0 aliphatic rings. The van der Waals surface area contributed by atoms with Crippen LogP contribution in [0.3, 0.4) is 0 Å². The summed E-state index contributed by atoms with van der Waals surface area (Å²) >= 11 is 8.96. The molecule has 1 aromatic heterocycles. The van der Waals surface area contributed by atoms with E-state index in [9.17, 15) is 13.2 Å². The van der Waals surface area contributed by atoms with Crippen LogP contribution < -0.4 is 0 Å². The van der Waals surface area contributed by atoms with Crippen LogP contribution in [-0.2, 0) is 6.18 Å². The Morgan fingerprint density at radius 3 is 2.23 bits per heavy atom. The molecular formula is C16H12BrClF3N. The molecule has 1 aromatic carbocycles. The van der Waals surface area contributed by atoms with Crippen LogP contribution in [-0.4, -0.2) is 4.98 Å². The van der Waals surface area contributed by atoms with Crippen molar-refractivity contribution in [2.24, 2.45) is 0 Å². The van der Waals surface area contributed by atoms with E-state index in [1.807, 2.05) is 26.0 Å². The van der Waals surface area contributed by atoms with Crippen molar-refractivity contribution >= 4 is 39.7 Å². The zero-order chi connectivity index (χ0) is 16.5. The van der Waals surface area contributed by atoms with Gasteiger partial charge in [-0.2, -0.15) is 13.2 Å². The van der Waals surface area contributed by atoms with Crippen LogP contribution in [0, 0.1) is 13.8 Å². The highest BCUT2D eigenvalue weighted by Gasteiger charge is 2.33. The Bertz CT molecular complexity index is 716. The first kappa shape index (κ1) is 17.0. The molecule has 0 aliphatic heterocycles. The molecule has 0 aliphatic carbocycles. The van der Waals surface area contributed by atoms with Gasteiger partial charge in [-0.05, 0) is 54.8 Å². The summed E-state index contributed by atoms with van der Waals surface area (Å²) in [5.41, 5.74) is 2.32. The third-order valence-electron chi connectivity index (χ3n) is 3.16. The summed E-state index contributed by atoms with van der Waals surface area (Å²) < 4.78 is 39.4. The zero-order valence-electron chi connectivity index (χ0n) is 11.8. The summed E-state index contributed by atoms with van der Waals surface area (Å²) in [7, 11) is 0. The third kappa shape index (κ3) is 3.90. The van der Waals surface area contributed by atoms with Crippen molar-refractivity contribution in [3.05, 3.63) is 61.8 Å². The van der Waals surface area contributed by atoms with Crippen LogP contribution in [0.15, 0.2) is 28.9 Å². The molecule has 0 amide bonds. The van der Waals surface area contributed by atoms with Gasteiger partial charge in [-0.25, -0.2) is 0 Å². The van der Waals surface area contributed by atoms with Crippen molar-refractivity contribution in [1.82, 2.24) is 4.98 Å². The fourth-order valence-electron chi connectivity index (χ4n) is 2.12. The maximum absolute atomic E-state index is 12.8. The van der Waals surface area contributed by atoms with E-state index >= 15 is 0 Å². The predicted molar refractivity (Wildman–Crippen MR) is 86.8 cm³/mol. The van der Waals surface area contributed by atoms with E-state index in [-0.39, 0.29) is 5.69 Å². The maximum atomic E-state index is 12.8. The molecule has 0 atom stereocenters. The van der Waals surface area contributed by atoms with E-state index in [4.69, 9.17) is 11.6 Å². The fourth-order valence-corrected chi connectivity index (χ4v) is 3.01. The Labute approximate surface area is 140 Å². The third-order valence-corrected chi connectivity index (χ3v) is 3.92. The van der Waals surface area contributed by atoms with Crippen molar-refractivity contribution in [3.63, 3.8) is 0 Å². The molecule has 116 valence electrons. The monoisotopic (exact) mass is 389 g/mol. The Morgan fingerprint density at radius 1 is 1.09 bits per heavy atom. The summed E-state index contributed by atoms with van der Waals surface area (Å²) in [6.45, 7) is 3.88. The minimum absolute atomic E-state index is 0.207. The van der Waals surface area contributed by atoms with Crippen LogP contribution in [0.4, 0.5) is 13.2 Å². The second kappa shape index (κ2) is 6.42. The number of halogens is 5. The summed E-state index contributed by atoms with van der Waals surface area (Å²) in [6.07, 6.45) is -0.167. The molecule has 6 heteroatoms. The number of nitrogens with zero attached hydrogens (tertiary/aromatic N) is 1. The average molecular weight is 391 g/mol. The van der Waals surface area contributed by atoms with Crippen LogP contribution in [0.2, 0.25) is 5.02 Å². The maximum Gasteiger partial charge on any atom is 0.417 e. The summed E-state index contributed by atoms with van der Waals surface area (Å²) in [5, 5.41) is -0.402. The lowest BCUT2D eigenvalue weighted by molar-refractivity contribution is -0.137. The standard InChI is InChI=1S/C16H12BrClF3N/c1-9-5-11(17)6-10(2)13(9)4-3-12-7-14(16(19,20)21)15(18)8-22-12/h3-8H,1-2H3/b4-3+. The highest BCUT2D eigenvalue weighted by molar-refractivity contribution is 9.10. The molecule has 0 unspecified atom stereocenters. The minimum Gasteiger partial charge on any atom is -0.255 e. The molecular weight excluding hydrogens is 379 g/mol. The number of hydrogen-bond donors (Lipinski definition) is 0. The van der Waals surface area contributed by atoms with E-state index in [0.29, 0.717) is 0 Å². The lowest BCUT2D eigenvalue weighted by atomic mass is 10.0. The number of benzene rings is 1. The molecule has 0 bridgehead atoms. The minimum atomic E-state index is -4.49. The van der Waals surface area contributed by atoms with Gasteiger partial charge in [0.25, 0.3) is 0 Å². The normalized spacial score (nSPS) is 12.1. The van der Waals surface area contributed by atoms with Crippen LogP contribution in [0.1, 0.15) is 27.9 Å². The van der Waals surface area contributed by atoms with Gasteiger partial charge in [0.2, 0.25) is 0 Å². The molecule has 2 rings (SSSR count). The number of aryl methyl sites for hydroxylation is 2. The largest absolute Gasteiger partial charge is 0.417 e. The van der Waals surface area contributed by atoms with Gasteiger partial charge < -0.3 is 0 Å². The van der Waals surface area contributed by atoms with Crippen molar-refractivity contribution < 1.29 is 13.2 Å². The van der Waals surface area contributed by atoms with Gasteiger partial charge in [-0.3, -0.25) is 4.98 Å². The first-order valence-corrected chi connectivity index (χ1v) is 7.53. The first-order chi connectivity index (χ1) is 10.2. The second-order valence-corrected chi connectivity index (χ2v) is 6.20. The molecule has 2 aromatic rings. The molecule has 0 N–H and O–H groups in total. The molecule has 0 saturated heterocycles. The number of pyridine rings is 1. The summed E-state index contributed by atoms with van der Waals surface area (Å²) in [6, 6.07) is 4.84. The number of aromatic nitrogens is 1. The number of rotatable bonds is 2. The molecule has 0 fully saturated rings. The van der Waals surface area contributed by atoms with E-state index in [0.717, 1.165) is 33.4 Å². The van der Waals surface area contributed by atoms with Crippen LogP contribution in [0.5, 0.6) is 0 Å². The van der Waals surface area contributed by atoms with E-state index in [1.165, 1.54) is 0 Å². The number of alkyl halides is 3. The molecule has 0 saturated carbocycles. The molecule has 1 nitrogen and oxygen atoms in total. The van der Waals surface area contributed by atoms with Gasteiger partial charge >= 0.3 is 6.18 Å². The van der Waals surface area contributed by atoms with Gasteiger partial charge in [0.05, 0.1) is 16.3 Å². The highest BCUT2D eigenvalue weighted by Crippen LogP contribution is 2.34. The van der Waals surface area contributed by atoms with Crippen LogP contribution in [0.25, 0.3) is 12.2 Å². The van der Waals surface area contributed by atoms with E-state index in [1.54, 1.807) is 12.2 Å². The Hall–Kier alpha value is -1.33. The van der Waals surface area contributed by atoms with Crippen molar-refractivity contribution in [2.75, 3.05) is 0 Å². The SMILES string of the molecule is Cc1cc(Br)cc(C)c1/C=C/c1cc(C(F)(F)F)c(Cl)cn1. The lowest BCUT2D eigenvalue weighted by Gasteiger charge is -2.09.